The highest BCUT2D eigenvalue weighted by Crippen LogP contribution is 2.30. The van der Waals surface area contributed by atoms with E-state index in [2.05, 4.69) is 5.32 Å². The Bertz CT molecular complexity index is 1040. The summed E-state index contributed by atoms with van der Waals surface area (Å²) in [6, 6.07) is 8.00. The highest BCUT2D eigenvalue weighted by atomic mass is 35.5. The molecule has 2 aromatic rings. The van der Waals surface area contributed by atoms with Gasteiger partial charge in [0, 0.05) is 21.7 Å². The predicted molar refractivity (Wildman–Crippen MR) is 100 cm³/mol. The molecule has 0 saturated carbocycles. The topological polar surface area (TPSA) is 107 Å². The number of anilines is 1. The number of benzene rings is 2. The molecule has 28 heavy (non-hydrogen) atoms. The van der Waals surface area contributed by atoms with Crippen molar-refractivity contribution in [2.24, 2.45) is 0 Å². The van der Waals surface area contributed by atoms with Crippen LogP contribution in [0.3, 0.4) is 0 Å². The molecule has 0 radical (unpaired) electrons. The minimum atomic E-state index is -1.47. The third-order valence-corrected chi connectivity index (χ3v) is 4.50. The molecular weight excluding hydrogens is 384 g/mol. The standard InChI is InChI=1S/C20H17ClN2O5/c1-20(2,3)23-17(25)12-6-4-10(8-14(12)18(23)26)16(24)22-15-9-11(21)5-7-13(15)19(27)28/h4-9H,1-3H3,(H,22,24)(H,27,28)/p-1. The number of carbonyl (C=O) groups excluding carboxylic acids is 4. The van der Waals surface area contributed by atoms with Crippen LogP contribution in [0.5, 0.6) is 0 Å². The Labute approximate surface area is 165 Å². The number of halogens is 1. The van der Waals surface area contributed by atoms with Gasteiger partial charge >= 0.3 is 0 Å². The summed E-state index contributed by atoms with van der Waals surface area (Å²) in [4.78, 5) is 50.1. The number of carbonyl (C=O) groups is 4. The van der Waals surface area contributed by atoms with Crippen molar-refractivity contribution in [2.75, 3.05) is 5.32 Å². The molecule has 0 saturated heterocycles. The maximum absolute atomic E-state index is 12.6. The maximum atomic E-state index is 12.6. The Morgan fingerprint density at radius 2 is 1.64 bits per heavy atom. The fourth-order valence-corrected chi connectivity index (χ4v) is 3.16. The van der Waals surface area contributed by atoms with E-state index in [4.69, 9.17) is 11.6 Å². The quantitative estimate of drug-likeness (QED) is 0.797. The van der Waals surface area contributed by atoms with Crippen LogP contribution in [0.15, 0.2) is 36.4 Å². The number of carboxylic acids is 1. The number of hydrogen-bond donors (Lipinski definition) is 1. The SMILES string of the molecule is CC(C)(C)N1C(=O)c2ccc(C(=O)Nc3cc(Cl)ccc3C(=O)[O-])cc2C1=O. The van der Waals surface area contributed by atoms with Gasteiger partial charge in [-0.2, -0.15) is 0 Å². The summed E-state index contributed by atoms with van der Waals surface area (Å²) in [6.45, 7) is 5.22. The van der Waals surface area contributed by atoms with E-state index in [9.17, 15) is 24.3 Å². The second-order valence-corrected chi connectivity index (χ2v) is 7.74. The van der Waals surface area contributed by atoms with Crippen molar-refractivity contribution in [3.05, 3.63) is 63.7 Å². The molecule has 3 amide bonds. The summed E-state index contributed by atoms with van der Waals surface area (Å²) in [5.41, 5.74) is -0.533. The van der Waals surface area contributed by atoms with Crippen LogP contribution in [-0.4, -0.2) is 34.1 Å². The summed E-state index contributed by atoms with van der Waals surface area (Å²) >= 11 is 5.87. The minimum Gasteiger partial charge on any atom is -0.545 e. The fourth-order valence-electron chi connectivity index (χ4n) is 2.98. The van der Waals surface area contributed by atoms with Gasteiger partial charge in [0.1, 0.15) is 0 Å². The van der Waals surface area contributed by atoms with Gasteiger partial charge in [-0.3, -0.25) is 19.3 Å². The van der Waals surface area contributed by atoms with E-state index < -0.39 is 29.2 Å². The van der Waals surface area contributed by atoms with Crippen molar-refractivity contribution in [2.45, 2.75) is 26.3 Å². The summed E-state index contributed by atoms with van der Waals surface area (Å²) < 4.78 is 0. The number of amides is 3. The Kier molecular flexibility index (Phi) is 4.72. The van der Waals surface area contributed by atoms with Gasteiger partial charge in [0.15, 0.2) is 0 Å². The highest BCUT2D eigenvalue weighted by molar-refractivity contribution is 6.31. The van der Waals surface area contributed by atoms with E-state index in [-0.39, 0.29) is 33.0 Å². The molecule has 1 N–H and O–H groups in total. The lowest BCUT2D eigenvalue weighted by Crippen LogP contribution is -2.45. The number of carboxylic acid groups (broad SMARTS) is 1. The van der Waals surface area contributed by atoms with Gasteiger partial charge in [-0.1, -0.05) is 11.6 Å². The maximum Gasteiger partial charge on any atom is 0.262 e. The molecule has 1 heterocycles. The average molecular weight is 400 g/mol. The number of nitrogens with zero attached hydrogens (tertiary/aromatic N) is 1. The Morgan fingerprint density at radius 3 is 2.25 bits per heavy atom. The largest absolute Gasteiger partial charge is 0.545 e. The Balaban J connectivity index is 1.94. The van der Waals surface area contributed by atoms with Crippen LogP contribution < -0.4 is 10.4 Å². The third-order valence-electron chi connectivity index (χ3n) is 4.27. The van der Waals surface area contributed by atoms with Crippen molar-refractivity contribution in [3.8, 4) is 0 Å². The van der Waals surface area contributed by atoms with Gasteiger partial charge < -0.3 is 15.2 Å². The fraction of sp³-hybridized carbons (Fsp3) is 0.200. The number of aromatic carboxylic acids is 1. The Morgan fingerprint density at radius 1 is 1.00 bits per heavy atom. The number of imide groups is 1. The first-order valence-corrected chi connectivity index (χ1v) is 8.73. The highest BCUT2D eigenvalue weighted by Gasteiger charge is 2.42. The summed E-state index contributed by atoms with van der Waals surface area (Å²) in [5.74, 6) is -3.03. The second kappa shape index (κ2) is 6.76. The second-order valence-electron chi connectivity index (χ2n) is 7.31. The summed E-state index contributed by atoms with van der Waals surface area (Å²) in [6.07, 6.45) is 0. The number of fused-ring (bicyclic) bond motifs is 1. The lowest BCUT2D eigenvalue weighted by Gasteiger charge is -2.29. The zero-order valence-electron chi connectivity index (χ0n) is 15.3. The van der Waals surface area contributed by atoms with Crippen molar-refractivity contribution in [1.82, 2.24) is 4.90 Å². The normalized spacial score (nSPS) is 13.5. The summed E-state index contributed by atoms with van der Waals surface area (Å²) in [7, 11) is 0. The van der Waals surface area contributed by atoms with E-state index >= 15 is 0 Å². The molecule has 8 heteroatoms. The van der Waals surface area contributed by atoms with E-state index in [1.54, 1.807) is 20.8 Å². The van der Waals surface area contributed by atoms with Crippen LogP contribution in [0, 0.1) is 0 Å². The zero-order valence-corrected chi connectivity index (χ0v) is 16.1. The lowest BCUT2D eigenvalue weighted by molar-refractivity contribution is -0.254. The molecular formula is C20H16ClN2O5-. The van der Waals surface area contributed by atoms with Gasteiger partial charge in [-0.05, 0) is 57.2 Å². The lowest BCUT2D eigenvalue weighted by atomic mass is 10.0. The van der Waals surface area contributed by atoms with Crippen LogP contribution in [0.1, 0.15) is 62.2 Å². The molecule has 0 unspecified atom stereocenters. The monoisotopic (exact) mass is 399 g/mol. The van der Waals surface area contributed by atoms with Gasteiger partial charge in [0.2, 0.25) is 0 Å². The van der Waals surface area contributed by atoms with Crippen molar-refractivity contribution >= 4 is 41.0 Å². The summed E-state index contributed by atoms with van der Waals surface area (Å²) in [5, 5.41) is 13.9. The van der Waals surface area contributed by atoms with Gasteiger partial charge in [0.05, 0.1) is 22.8 Å². The molecule has 1 aliphatic heterocycles. The molecule has 0 fully saturated rings. The van der Waals surface area contributed by atoms with E-state index in [0.29, 0.717) is 0 Å². The van der Waals surface area contributed by atoms with Crippen molar-refractivity contribution in [3.63, 3.8) is 0 Å². The van der Waals surface area contributed by atoms with E-state index in [0.717, 1.165) is 4.90 Å². The average Bonchev–Trinajstić information content (AvgIpc) is 2.85. The van der Waals surface area contributed by atoms with E-state index in [1.807, 2.05) is 0 Å². The number of hydrogen-bond acceptors (Lipinski definition) is 5. The number of rotatable bonds is 3. The molecule has 0 bridgehead atoms. The Hall–Kier alpha value is -3.19. The van der Waals surface area contributed by atoms with Gasteiger partial charge in [0.25, 0.3) is 17.7 Å². The smallest absolute Gasteiger partial charge is 0.262 e. The minimum absolute atomic E-state index is 0.0308. The van der Waals surface area contributed by atoms with Crippen molar-refractivity contribution < 1.29 is 24.3 Å². The third kappa shape index (κ3) is 3.36. The molecule has 144 valence electrons. The molecule has 2 aromatic carbocycles. The number of nitrogens with one attached hydrogen (secondary N) is 1. The van der Waals surface area contributed by atoms with Crippen LogP contribution >= 0.6 is 11.6 Å². The van der Waals surface area contributed by atoms with Crippen LogP contribution in [0.4, 0.5) is 5.69 Å². The predicted octanol–water partition coefficient (Wildman–Crippen LogP) is 2.35. The first-order valence-electron chi connectivity index (χ1n) is 8.36. The first-order chi connectivity index (χ1) is 13.0. The van der Waals surface area contributed by atoms with Crippen LogP contribution in [0.2, 0.25) is 5.02 Å². The zero-order chi connectivity index (χ0) is 20.8. The molecule has 7 nitrogen and oxygen atoms in total. The van der Waals surface area contributed by atoms with Gasteiger partial charge in [-0.25, -0.2) is 0 Å². The first kappa shape index (κ1) is 19.6. The molecule has 0 aliphatic carbocycles. The van der Waals surface area contributed by atoms with Crippen LogP contribution in [-0.2, 0) is 0 Å². The van der Waals surface area contributed by atoms with E-state index in [1.165, 1.54) is 36.4 Å². The molecule has 0 aromatic heterocycles. The molecule has 3 rings (SSSR count). The molecule has 1 aliphatic rings. The van der Waals surface area contributed by atoms with Gasteiger partial charge in [-0.15, -0.1) is 0 Å². The molecule has 0 spiro atoms. The van der Waals surface area contributed by atoms with Crippen molar-refractivity contribution in [1.29, 1.82) is 0 Å². The molecule has 0 atom stereocenters. The van der Waals surface area contributed by atoms with Crippen LogP contribution in [0.25, 0.3) is 0 Å².